The Hall–Kier alpha value is -2.07. The fourth-order valence-electron chi connectivity index (χ4n) is 3.01. The minimum atomic E-state index is -0.764. The Bertz CT molecular complexity index is 733. The van der Waals surface area contributed by atoms with E-state index in [4.69, 9.17) is 9.47 Å². The first-order chi connectivity index (χ1) is 10.8. The van der Waals surface area contributed by atoms with Gasteiger partial charge in [-0.05, 0) is 40.8 Å². The summed E-state index contributed by atoms with van der Waals surface area (Å²) in [7, 11) is 0. The van der Waals surface area contributed by atoms with Crippen molar-refractivity contribution in [3.8, 4) is 22.6 Å². The van der Waals surface area contributed by atoms with Gasteiger partial charge in [-0.25, -0.2) is 4.39 Å². The Morgan fingerprint density at radius 3 is 2.35 bits per heavy atom. The predicted molar refractivity (Wildman–Crippen MR) is 87.2 cm³/mol. The van der Waals surface area contributed by atoms with Crippen molar-refractivity contribution in [1.29, 1.82) is 0 Å². The van der Waals surface area contributed by atoms with Crippen LogP contribution in [0.3, 0.4) is 0 Å². The van der Waals surface area contributed by atoms with Gasteiger partial charge in [0.25, 0.3) is 0 Å². The molecular weight excluding hydrogens is 295 g/mol. The summed E-state index contributed by atoms with van der Waals surface area (Å²) in [5.74, 6) is 0.423. The van der Waals surface area contributed by atoms with Crippen LogP contribution in [0.5, 0.6) is 11.5 Å². The molecule has 1 heterocycles. The minimum Gasteiger partial charge on any atom is -0.449 e. The van der Waals surface area contributed by atoms with E-state index in [1.54, 1.807) is 12.1 Å². The molecule has 0 fully saturated rings. The van der Waals surface area contributed by atoms with E-state index in [1.807, 2.05) is 19.9 Å². The van der Waals surface area contributed by atoms with Crippen LogP contribution >= 0.6 is 0 Å². The summed E-state index contributed by atoms with van der Waals surface area (Å²) in [6.07, 6.45) is 0. The van der Waals surface area contributed by atoms with Crippen molar-refractivity contribution in [2.24, 2.45) is 0 Å². The van der Waals surface area contributed by atoms with Gasteiger partial charge in [0.05, 0.1) is 6.61 Å². The fourth-order valence-corrected chi connectivity index (χ4v) is 3.01. The van der Waals surface area contributed by atoms with Gasteiger partial charge in [-0.15, -0.1) is 0 Å². The summed E-state index contributed by atoms with van der Waals surface area (Å²) in [6.45, 7) is 7.70. The molecule has 0 amide bonds. The number of rotatable bonds is 3. The number of fused-ring (bicyclic) bond motifs is 1. The van der Waals surface area contributed by atoms with E-state index in [0.717, 1.165) is 22.3 Å². The standard InChI is InChI=1S/C19H21FO3/c1-11(2)14-9-16-18(23-19(3,4)22-16)17(15(14)10-21)12-5-7-13(20)8-6-12/h5-9,11,21H,10H2,1-4H3. The molecule has 23 heavy (non-hydrogen) atoms. The van der Waals surface area contributed by atoms with Gasteiger partial charge in [0, 0.05) is 19.4 Å². The molecule has 1 N–H and O–H groups in total. The molecule has 0 aromatic heterocycles. The van der Waals surface area contributed by atoms with Gasteiger partial charge in [-0.3, -0.25) is 0 Å². The Morgan fingerprint density at radius 2 is 1.78 bits per heavy atom. The first kappa shape index (κ1) is 15.8. The molecule has 1 aliphatic heterocycles. The number of hydrogen-bond acceptors (Lipinski definition) is 3. The molecule has 0 unspecified atom stereocenters. The molecule has 122 valence electrons. The lowest BCUT2D eigenvalue weighted by atomic mass is 9.89. The van der Waals surface area contributed by atoms with Crippen LogP contribution in [-0.2, 0) is 6.61 Å². The molecule has 0 atom stereocenters. The first-order valence-electron chi connectivity index (χ1n) is 7.77. The predicted octanol–water partition coefficient (Wildman–Crippen LogP) is 4.62. The fraction of sp³-hybridized carbons (Fsp3) is 0.368. The van der Waals surface area contributed by atoms with Crippen molar-refractivity contribution in [3.05, 3.63) is 47.3 Å². The van der Waals surface area contributed by atoms with Crippen molar-refractivity contribution >= 4 is 0 Å². The minimum absolute atomic E-state index is 0.114. The summed E-state index contributed by atoms with van der Waals surface area (Å²) in [5, 5.41) is 9.95. The highest BCUT2D eigenvalue weighted by Gasteiger charge is 2.36. The smallest absolute Gasteiger partial charge is 0.246 e. The van der Waals surface area contributed by atoms with Crippen molar-refractivity contribution in [2.45, 2.75) is 46.0 Å². The zero-order chi connectivity index (χ0) is 16.8. The molecule has 1 aliphatic rings. The van der Waals surface area contributed by atoms with E-state index < -0.39 is 5.79 Å². The molecule has 0 aliphatic carbocycles. The van der Waals surface area contributed by atoms with Gasteiger partial charge >= 0.3 is 0 Å². The molecule has 3 rings (SSSR count). The summed E-state index contributed by atoms with van der Waals surface area (Å²) in [5.41, 5.74) is 3.38. The molecule has 0 radical (unpaired) electrons. The summed E-state index contributed by atoms with van der Waals surface area (Å²) < 4.78 is 25.1. The maximum atomic E-state index is 13.3. The zero-order valence-electron chi connectivity index (χ0n) is 13.8. The number of aliphatic hydroxyl groups is 1. The molecule has 3 nitrogen and oxygen atoms in total. The van der Waals surface area contributed by atoms with Crippen LogP contribution in [0.4, 0.5) is 4.39 Å². The average Bonchev–Trinajstić information content (AvgIpc) is 2.79. The van der Waals surface area contributed by atoms with Gasteiger partial charge in [-0.2, -0.15) is 0 Å². The summed E-state index contributed by atoms with van der Waals surface area (Å²) >= 11 is 0. The second-order valence-corrected chi connectivity index (χ2v) is 6.57. The quantitative estimate of drug-likeness (QED) is 0.898. The van der Waals surface area contributed by atoms with Gasteiger partial charge in [0.1, 0.15) is 5.82 Å². The second-order valence-electron chi connectivity index (χ2n) is 6.57. The van der Waals surface area contributed by atoms with E-state index in [9.17, 15) is 9.50 Å². The van der Waals surface area contributed by atoms with Crippen LogP contribution in [0.2, 0.25) is 0 Å². The van der Waals surface area contributed by atoms with Crippen molar-refractivity contribution in [2.75, 3.05) is 0 Å². The molecule has 0 bridgehead atoms. The van der Waals surface area contributed by atoms with Gasteiger partial charge in [-0.1, -0.05) is 26.0 Å². The number of ether oxygens (including phenoxy) is 2. The molecule has 2 aromatic carbocycles. The number of hydrogen-bond donors (Lipinski definition) is 1. The molecular formula is C19H21FO3. The van der Waals surface area contributed by atoms with Crippen molar-refractivity contribution < 1.29 is 19.0 Å². The van der Waals surface area contributed by atoms with Gasteiger partial charge in [0.2, 0.25) is 5.79 Å². The zero-order valence-corrected chi connectivity index (χ0v) is 13.8. The van der Waals surface area contributed by atoms with Crippen molar-refractivity contribution in [1.82, 2.24) is 0 Å². The summed E-state index contributed by atoms with van der Waals surface area (Å²) in [4.78, 5) is 0. The Balaban J connectivity index is 2.30. The number of halogens is 1. The molecule has 0 saturated heterocycles. The van der Waals surface area contributed by atoms with E-state index in [0.29, 0.717) is 11.5 Å². The Labute approximate surface area is 135 Å². The van der Waals surface area contributed by atoms with Crippen molar-refractivity contribution in [3.63, 3.8) is 0 Å². The SMILES string of the molecule is CC(C)c1cc2c(c(-c3ccc(F)cc3)c1CO)OC(C)(C)O2. The van der Waals surface area contributed by atoms with E-state index in [1.165, 1.54) is 12.1 Å². The highest BCUT2D eigenvalue weighted by Crippen LogP contribution is 2.50. The molecule has 0 spiro atoms. The van der Waals surface area contributed by atoms with Crippen LogP contribution in [-0.4, -0.2) is 10.9 Å². The average molecular weight is 316 g/mol. The lowest BCUT2D eigenvalue weighted by Gasteiger charge is -2.19. The highest BCUT2D eigenvalue weighted by molar-refractivity contribution is 5.79. The Kier molecular flexibility index (Phi) is 3.80. The lowest BCUT2D eigenvalue weighted by molar-refractivity contribution is -0.0429. The topological polar surface area (TPSA) is 38.7 Å². The third-order valence-corrected chi connectivity index (χ3v) is 4.00. The molecule has 4 heteroatoms. The maximum absolute atomic E-state index is 13.3. The molecule has 2 aromatic rings. The van der Waals surface area contributed by atoms with E-state index >= 15 is 0 Å². The van der Waals surface area contributed by atoms with Gasteiger partial charge < -0.3 is 14.6 Å². The highest BCUT2D eigenvalue weighted by atomic mass is 19.1. The number of benzene rings is 2. The van der Waals surface area contributed by atoms with Crippen LogP contribution < -0.4 is 9.47 Å². The second kappa shape index (κ2) is 5.53. The monoisotopic (exact) mass is 316 g/mol. The van der Waals surface area contributed by atoms with Crippen LogP contribution in [0.25, 0.3) is 11.1 Å². The van der Waals surface area contributed by atoms with E-state index in [2.05, 4.69) is 13.8 Å². The maximum Gasteiger partial charge on any atom is 0.246 e. The van der Waals surface area contributed by atoms with Crippen LogP contribution in [0.1, 0.15) is 44.7 Å². The third kappa shape index (κ3) is 2.79. The van der Waals surface area contributed by atoms with Gasteiger partial charge in [0.15, 0.2) is 11.5 Å². The largest absolute Gasteiger partial charge is 0.449 e. The summed E-state index contributed by atoms with van der Waals surface area (Å²) in [6, 6.07) is 8.15. The third-order valence-electron chi connectivity index (χ3n) is 4.00. The lowest BCUT2D eigenvalue weighted by Crippen LogP contribution is -2.29. The number of aliphatic hydroxyl groups excluding tert-OH is 1. The van der Waals surface area contributed by atoms with Crippen LogP contribution in [0, 0.1) is 5.82 Å². The van der Waals surface area contributed by atoms with E-state index in [-0.39, 0.29) is 18.3 Å². The first-order valence-corrected chi connectivity index (χ1v) is 7.77. The Morgan fingerprint density at radius 1 is 1.13 bits per heavy atom. The normalized spacial score (nSPS) is 15.3. The van der Waals surface area contributed by atoms with Crippen LogP contribution in [0.15, 0.2) is 30.3 Å². The molecule has 0 saturated carbocycles.